The Morgan fingerprint density at radius 2 is 1.88 bits per heavy atom. The summed E-state index contributed by atoms with van der Waals surface area (Å²) in [5.74, 6) is -1.37. The molecule has 0 bridgehead atoms. The van der Waals surface area contributed by atoms with Crippen molar-refractivity contribution in [2.45, 2.75) is 18.9 Å². The van der Waals surface area contributed by atoms with E-state index >= 15 is 0 Å². The first-order valence-corrected chi connectivity index (χ1v) is 7.63. The fourth-order valence-corrected chi connectivity index (χ4v) is 2.40. The Morgan fingerprint density at radius 3 is 2.52 bits per heavy atom. The normalized spacial score (nSPS) is 11.2. The van der Waals surface area contributed by atoms with Gasteiger partial charge in [0.1, 0.15) is 11.9 Å². The van der Waals surface area contributed by atoms with E-state index in [9.17, 15) is 14.0 Å². The zero-order valence-corrected chi connectivity index (χ0v) is 13.7. The third-order valence-electron chi connectivity index (χ3n) is 3.66. The SMILES string of the molecule is COC(=O)[C@H](Cc1ccccc1C#N)NC(=O)Cc1ccc(F)cc1. The van der Waals surface area contributed by atoms with Crippen LogP contribution in [0.5, 0.6) is 0 Å². The van der Waals surface area contributed by atoms with Crippen LogP contribution >= 0.6 is 0 Å². The van der Waals surface area contributed by atoms with Crippen molar-refractivity contribution in [1.82, 2.24) is 5.32 Å². The number of carbonyl (C=O) groups is 2. The maximum absolute atomic E-state index is 12.9. The number of hydrogen-bond acceptors (Lipinski definition) is 4. The number of amides is 1. The van der Waals surface area contributed by atoms with Crippen LogP contribution in [0.15, 0.2) is 48.5 Å². The van der Waals surface area contributed by atoms with E-state index < -0.39 is 17.9 Å². The zero-order chi connectivity index (χ0) is 18.2. The summed E-state index contributed by atoms with van der Waals surface area (Å²) in [6.45, 7) is 0. The Morgan fingerprint density at radius 1 is 1.20 bits per heavy atom. The van der Waals surface area contributed by atoms with Gasteiger partial charge in [-0.3, -0.25) is 4.79 Å². The number of hydrogen-bond donors (Lipinski definition) is 1. The van der Waals surface area contributed by atoms with Crippen LogP contribution in [0.3, 0.4) is 0 Å². The van der Waals surface area contributed by atoms with E-state index in [2.05, 4.69) is 11.4 Å². The molecule has 0 aliphatic rings. The van der Waals surface area contributed by atoms with Gasteiger partial charge in [-0.1, -0.05) is 30.3 Å². The summed E-state index contributed by atoms with van der Waals surface area (Å²) in [7, 11) is 1.23. The maximum Gasteiger partial charge on any atom is 0.328 e. The minimum atomic E-state index is -0.910. The number of methoxy groups -OCH3 is 1. The second-order valence-electron chi connectivity index (χ2n) is 5.42. The Bertz CT molecular complexity index is 797. The Hall–Kier alpha value is -3.20. The first kappa shape index (κ1) is 18.1. The van der Waals surface area contributed by atoms with Crippen molar-refractivity contribution in [3.63, 3.8) is 0 Å². The van der Waals surface area contributed by atoms with Crippen molar-refractivity contribution in [3.8, 4) is 6.07 Å². The highest BCUT2D eigenvalue weighted by molar-refractivity contribution is 5.85. The summed E-state index contributed by atoms with van der Waals surface area (Å²) < 4.78 is 17.7. The van der Waals surface area contributed by atoms with Crippen molar-refractivity contribution < 1.29 is 18.7 Å². The maximum atomic E-state index is 12.9. The van der Waals surface area contributed by atoms with Gasteiger partial charge in [-0.15, -0.1) is 0 Å². The van der Waals surface area contributed by atoms with Gasteiger partial charge in [0.05, 0.1) is 25.2 Å². The smallest absolute Gasteiger partial charge is 0.328 e. The molecule has 1 amide bonds. The van der Waals surface area contributed by atoms with E-state index in [1.54, 1.807) is 24.3 Å². The first-order valence-electron chi connectivity index (χ1n) is 7.63. The molecule has 2 aromatic rings. The van der Waals surface area contributed by atoms with Crippen molar-refractivity contribution >= 4 is 11.9 Å². The number of halogens is 1. The standard InChI is InChI=1S/C19H17FN2O3/c1-25-19(24)17(11-14-4-2-3-5-15(14)12-21)22-18(23)10-13-6-8-16(20)9-7-13/h2-9,17H,10-11H2,1H3,(H,22,23)/t17-/m0/s1. The lowest BCUT2D eigenvalue weighted by atomic mass is 10.0. The number of nitriles is 1. The van der Waals surface area contributed by atoms with Crippen molar-refractivity contribution in [1.29, 1.82) is 5.26 Å². The molecule has 0 aromatic heterocycles. The van der Waals surface area contributed by atoms with E-state index in [0.717, 1.165) is 0 Å². The molecular weight excluding hydrogens is 323 g/mol. The highest BCUT2D eigenvalue weighted by Crippen LogP contribution is 2.11. The molecule has 0 radical (unpaired) electrons. The lowest BCUT2D eigenvalue weighted by Gasteiger charge is -2.17. The fourth-order valence-electron chi connectivity index (χ4n) is 2.40. The second-order valence-corrected chi connectivity index (χ2v) is 5.42. The molecule has 1 N–H and O–H groups in total. The van der Waals surface area contributed by atoms with Gasteiger partial charge in [-0.2, -0.15) is 5.26 Å². The predicted molar refractivity (Wildman–Crippen MR) is 88.9 cm³/mol. The van der Waals surface area contributed by atoms with Crippen LogP contribution < -0.4 is 5.32 Å². The van der Waals surface area contributed by atoms with Gasteiger partial charge in [0, 0.05) is 6.42 Å². The summed E-state index contributed by atoms with van der Waals surface area (Å²) >= 11 is 0. The number of nitrogens with zero attached hydrogens (tertiary/aromatic N) is 1. The monoisotopic (exact) mass is 340 g/mol. The summed E-state index contributed by atoms with van der Waals surface area (Å²) in [5, 5.41) is 11.8. The third-order valence-corrected chi connectivity index (χ3v) is 3.66. The first-order chi connectivity index (χ1) is 12.0. The van der Waals surface area contributed by atoms with Crippen LogP contribution in [-0.4, -0.2) is 25.0 Å². The summed E-state index contributed by atoms with van der Waals surface area (Å²) in [5.41, 5.74) is 1.70. The molecule has 2 rings (SSSR count). The summed E-state index contributed by atoms with van der Waals surface area (Å²) in [4.78, 5) is 24.2. The fraction of sp³-hybridized carbons (Fsp3) is 0.211. The minimum Gasteiger partial charge on any atom is -0.467 e. The van der Waals surface area contributed by atoms with Crippen molar-refractivity contribution in [2.24, 2.45) is 0 Å². The van der Waals surface area contributed by atoms with Crippen LogP contribution in [0.25, 0.3) is 0 Å². The quantitative estimate of drug-likeness (QED) is 0.817. The molecule has 0 heterocycles. The van der Waals surface area contributed by atoms with E-state index in [4.69, 9.17) is 10.00 Å². The molecular formula is C19H17FN2O3. The van der Waals surface area contributed by atoms with Crippen LogP contribution in [0, 0.1) is 17.1 Å². The van der Waals surface area contributed by atoms with Gasteiger partial charge in [0.15, 0.2) is 0 Å². The van der Waals surface area contributed by atoms with Crippen molar-refractivity contribution in [3.05, 3.63) is 71.0 Å². The van der Waals surface area contributed by atoms with Gasteiger partial charge in [0.25, 0.3) is 0 Å². The number of nitrogens with one attached hydrogen (secondary N) is 1. The zero-order valence-electron chi connectivity index (χ0n) is 13.7. The molecule has 0 aliphatic heterocycles. The van der Waals surface area contributed by atoms with Gasteiger partial charge < -0.3 is 10.1 Å². The topological polar surface area (TPSA) is 79.2 Å². The van der Waals surface area contributed by atoms with E-state index in [-0.39, 0.29) is 18.7 Å². The molecule has 0 saturated heterocycles. The molecule has 0 unspecified atom stereocenters. The summed E-state index contributed by atoms with van der Waals surface area (Å²) in [6, 6.07) is 13.5. The van der Waals surface area contributed by atoms with E-state index in [0.29, 0.717) is 16.7 Å². The largest absolute Gasteiger partial charge is 0.467 e. The summed E-state index contributed by atoms with van der Waals surface area (Å²) in [6.07, 6.45) is 0.152. The van der Waals surface area contributed by atoms with Crippen LogP contribution in [0.2, 0.25) is 0 Å². The third kappa shape index (κ3) is 5.15. The molecule has 128 valence electrons. The molecule has 0 aliphatic carbocycles. The van der Waals surface area contributed by atoms with Gasteiger partial charge >= 0.3 is 5.97 Å². The Labute approximate surface area is 145 Å². The average molecular weight is 340 g/mol. The molecule has 0 fully saturated rings. The molecule has 2 aromatic carbocycles. The van der Waals surface area contributed by atoms with Gasteiger partial charge in [-0.25, -0.2) is 9.18 Å². The molecule has 5 nitrogen and oxygen atoms in total. The number of rotatable bonds is 6. The lowest BCUT2D eigenvalue weighted by molar-refractivity contribution is -0.145. The molecule has 25 heavy (non-hydrogen) atoms. The highest BCUT2D eigenvalue weighted by Gasteiger charge is 2.23. The van der Waals surface area contributed by atoms with Gasteiger partial charge in [0.2, 0.25) is 5.91 Å². The molecule has 1 atom stereocenters. The Kier molecular flexibility index (Phi) is 6.24. The number of ether oxygens (including phenoxy) is 1. The number of esters is 1. The van der Waals surface area contributed by atoms with Gasteiger partial charge in [-0.05, 0) is 29.3 Å². The Balaban J connectivity index is 2.09. The van der Waals surface area contributed by atoms with E-state index in [1.165, 1.54) is 31.4 Å². The molecule has 6 heteroatoms. The van der Waals surface area contributed by atoms with Crippen molar-refractivity contribution in [2.75, 3.05) is 7.11 Å². The number of carbonyl (C=O) groups excluding carboxylic acids is 2. The lowest BCUT2D eigenvalue weighted by Crippen LogP contribution is -2.43. The average Bonchev–Trinajstić information content (AvgIpc) is 2.62. The van der Waals surface area contributed by atoms with Crippen LogP contribution in [0.4, 0.5) is 4.39 Å². The highest BCUT2D eigenvalue weighted by atomic mass is 19.1. The second kappa shape index (κ2) is 8.60. The van der Waals surface area contributed by atoms with Crippen LogP contribution in [0.1, 0.15) is 16.7 Å². The molecule has 0 saturated carbocycles. The molecule has 0 spiro atoms. The predicted octanol–water partition coefficient (Wildman–Crippen LogP) is 2.14. The van der Waals surface area contributed by atoms with Crippen LogP contribution in [-0.2, 0) is 27.2 Å². The minimum absolute atomic E-state index is 0.00761. The van der Waals surface area contributed by atoms with E-state index in [1.807, 2.05) is 0 Å². The number of benzene rings is 2.